The molecule has 1 aromatic carbocycles. The third kappa shape index (κ3) is 3.32. The number of anilines is 1. The van der Waals surface area contributed by atoms with Crippen LogP contribution >= 0.6 is 15.9 Å². The number of amides is 1. The maximum absolute atomic E-state index is 12.2. The Morgan fingerprint density at radius 3 is 2.71 bits per heavy atom. The van der Waals surface area contributed by atoms with Gasteiger partial charge in [0.05, 0.1) is 5.56 Å². The summed E-state index contributed by atoms with van der Waals surface area (Å²) in [7, 11) is 0. The van der Waals surface area contributed by atoms with Gasteiger partial charge in [0.25, 0.3) is 5.91 Å². The highest BCUT2D eigenvalue weighted by Gasteiger charge is 2.22. The standard InChI is InChI=1S/C15H16BrN3O2/c16-12-9-5-4-8-11(12)13(20)17-15-19-18-14(21-15)10-6-2-1-3-7-10/h4-5,8-10H,1-3,6-7H2,(H,17,19,20). The molecule has 1 amide bonds. The molecule has 0 atom stereocenters. The first kappa shape index (κ1) is 14.3. The van der Waals surface area contributed by atoms with E-state index in [0.717, 1.165) is 17.3 Å². The molecule has 1 heterocycles. The van der Waals surface area contributed by atoms with Gasteiger partial charge in [-0.1, -0.05) is 36.5 Å². The summed E-state index contributed by atoms with van der Waals surface area (Å²) >= 11 is 3.35. The van der Waals surface area contributed by atoms with Gasteiger partial charge >= 0.3 is 6.01 Å². The summed E-state index contributed by atoms with van der Waals surface area (Å²) in [6.07, 6.45) is 5.84. The number of nitrogens with one attached hydrogen (secondary N) is 1. The van der Waals surface area contributed by atoms with Gasteiger partial charge in [0.15, 0.2) is 0 Å². The first-order valence-electron chi connectivity index (χ1n) is 7.13. The molecule has 0 radical (unpaired) electrons. The fraction of sp³-hybridized carbons (Fsp3) is 0.400. The van der Waals surface area contributed by atoms with E-state index < -0.39 is 0 Å². The van der Waals surface area contributed by atoms with Crippen LogP contribution in [0.5, 0.6) is 0 Å². The number of carbonyl (C=O) groups is 1. The Morgan fingerprint density at radius 2 is 1.95 bits per heavy atom. The van der Waals surface area contributed by atoms with Crippen LogP contribution in [0.15, 0.2) is 33.2 Å². The van der Waals surface area contributed by atoms with E-state index in [2.05, 4.69) is 31.4 Å². The number of benzene rings is 1. The van der Waals surface area contributed by atoms with E-state index in [1.165, 1.54) is 19.3 Å². The number of hydrogen-bond donors (Lipinski definition) is 1. The second kappa shape index (κ2) is 6.39. The average Bonchev–Trinajstić information content (AvgIpc) is 2.97. The molecule has 110 valence electrons. The van der Waals surface area contributed by atoms with Crippen molar-refractivity contribution in [3.63, 3.8) is 0 Å². The van der Waals surface area contributed by atoms with E-state index in [9.17, 15) is 4.79 Å². The number of aromatic nitrogens is 2. The van der Waals surface area contributed by atoms with Gasteiger partial charge in [-0.05, 0) is 40.9 Å². The molecular weight excluding hydrogens is 334 g/mol. The molecular formula is C15H16BrN3O2. The van der Waals surface area contributed by atoms with Crippen molar-refractivity contribution < 1.29 is 9.21 Å². The Labute approximate surface area is 131 Å². The van der Waals surface area contributed by atoms with Crippen molar-refractivity contribution in [3.8, 4) is 0 Å². The maximum atomic E-state index is 12.2. The zero-order chi connectivity index (χ0) is 14.7. The molecule has 6 heteroatoms. The van der Waals surface area contributed by atoms with Crippen molar-refractivity contribution in [2.75, 3.05) is 5.32 Å². The van der Waals surface area contributed by atoms with Crippen molar-refractivity contribution in [1.29, 1.82) is 0 Å². The van der Waals surface area contributed by atoms with Crippen molar-refractivity contribution in [2.24, 2.45) is 0 Å². The minimum absolute atomic E-state index is 0.163. The topological polar surface area (TPSA) is 68.0 Å². The molecule has 2 aromatic rings. The lowest BCUT2D eigenvalue weighted by Gasteiger charge is -2.17. The van der Waals surface area contributed by atoms with E-state index in [1.54, 1.807) is 12.1 Å². The van der Waals surface area contributed by atoms with Crippen LogP contribution in [-0.2, 0) is 0 Å². The van der Waals surface area contributed by atoms with Crippen LogP contribution in [0.1, 0.15) is 54.3 Å². The second-order valence-electron chi connectivity index (χ2n) is 5.21. The van der Waals surface area contributed by atoms with Gasteiger partial charge in [-0.3, -0.25) is 10.1 Å². The summed E-state index contributed by atoms with van der Waals surface area (Å²) < 4.78 is 6.32. The fourth-order valence-electron chi connectivity index (χ4n) is 2.61. The van der Waals surface area contributed by atoms with Crippen molar-refractivity contribution in [1.82, 2.24) is 10.2 Å². The number of rotatable bonds is 3. The fourth-order valence-corrected chi connectivity index (χ4v) is 3.07. The first-order chi connectivity index (χ1) is 10.2. The molecule has 1 aromatic heterocycles. The maximum Gasteiger partial charge on any atom is 0.322 e. The van der Waals surface area contributed by atoms with Gasteiger partial charge in [-0.25, -0.2) is 0 Å². The molecule has 1 aliphatic carbocycles. The summed E-state index contributed by atoms with van der Waals surface area (Å²) in [6.45, 7) is 0. The highest BCUT2D eigenvalue weighted by Crippen LogP contribution is 2.32. The molecule has 0 unspecified atom stereocenters. The third-order valence-electron chi connectivity index (χ3n) is 3.73. The molecule has 0 aliphatic heterocycles. The number of halogens is 1. The molecule has 0 bridgehead atoms. The lowest BCUT2D eigenvalue weighted by molar-refractivity contribution is 0.102. The minimum Gasteiger partial charge on any atom is -0.408 e. The zero-order valence-corrected chi connectivity index (χ0v) is 13.1. The van der Waals surface area contributed by atoms with Crippen LogP contribution in [0, 0.1) is 0 Å². The molecule has 21 heavy (non-hydrogen) atoms. The van der Waals surface area contributed by atoms with Gasteiger partial charge in [-0.15, -0.1) is 5.10 Å². The predicted octanol–water partition coefficient (Wildman–Crippen LogP) is 4.13. The van der Waals surface area contributed by atoms with Crippen molar-refractivity contribution in [3.05, 3.63) is 40.2 Å². The lowest BCUT2D eigenvalue weighted by atomic mass is 9.89. The largest absolute Gasteiger partial charge is 0.408 e. The highest BCUT2D eigenvalue weighted by atomic mass is 79.9. The summed E-state index contributed by atoms with van der Waals surface area (Å²) in [6, 6.07) is 7.38. The van der Waals surface area contributed by atoms with E-state index in [4.69, 9.17) is 4.42 Å². The van der Waals surface area contributed by atoms with Gasteiger partial charge in [0.2, 0.25) is 5.89 Å². The zero-order valence-electron chi connectivity index (χ0n) is 11.5. The van der Waals surface area contributed by atoms with Crippen LogP contribution in [0.3, 0.4) is 0 Å². The normalized spacial score (nSPS) is 15.9. The Bertz CT molecular complexity index is 635. The minimum atomic E-state index is -0.263. The highest BCUT2D eigenvalue weighted by molar-refractivity contribution is 9.10. The van der Waals surface area contributed by atoms with E-state index in [0.29, 0.717) is 17.4 Å². The smallest absolute Gasteiger partial charge is 0.322 e. The van der Waals surface area contributed by atoms with E-state index in [-0.39, 0.29) is 11.9 Å². The summed E-state index contributed by atoms with van der Waals surface area (Å²) in [4.78, 5) is 12.2. The SMILES string of the molecule is O=C(Nc1nnc(C2CCCCC2)o1)c1ccccc1Br. The molecule has 0 saturated heterocycles. The molecule has 5 nitrogen and oxygen atoms in total. The molecule has 1 N–H and O–H groups in total. The molecule has 1 fully saturated rings. The number of nitrogens with zero attached hydrogens (tertiary/aromatic N) is 2. The molecule has 1 aliphatic rings. The van der Waals surface area contributed by atoms with Crippen LogP contribution in [0.4, 0.5) is 6.01 Å². The van der Waals surface area contributed by atoms with Crippen molar-refractivity contribution in [2.45, 2.75) is 38.0 Å². The van der Waals surface area contributed by atoms with Crippen LogP contribution in [0.2, 0.25) is 0 Å². The lowest BCUT2D eigenvalue weighted by Crippen LogP contribution is -2.12. The average molecular weight is 350 g/mol. The van der Waals surface area contributed by atoms with Crippen LogP contribution < -0.4 is 5.32 Å². The predicted molar refractivity (Wildman–Crippen MR) is 82.2 cm³/mol. The Morgan fingerprint density at radius 1 is 1.19 bits per heavy atom. The summed E-state index contributed by atoms with van der Waals surface area (Å²) in [5.41, 5.74) is 0.537. The van der Waals surface area contributed by atoms with Gasteiger partial charge < -0.3 is 4.42 Å². The third-order valence-corrected chi connectivity index (χ3v) is 4.43. The summed E-state index contributed by atoms with van der Waals surface area (Å²) in [5, 5.41) is 10.6. The first-order valence-corrected chi connectivity index (χ1v) is 7.92. The Balaban J connectivity index is 1.69. The quantitative estimate of drug-likeness (QED) is 0.904. The van der Waals surface area contributed by atoms with Crippen LogP contribution in [0.25, 0.3) is 0 Å². The molecule has 0 spiro atoms. The molecule has 3 rings (SSSR count). The van der Waals surface area contributed by atoms with E-state index in [1.807, 2.05) is 12.1 Å². The molecule has 1 saturated carbocycles. The Kier molecular flexibility index (Phi) is 4.34. The second-order valence-corrected chi connectivity index (χ2v) is 6.07. The van der Waals surface area contributed by atoms with E-state index >= 15 is 0 Å². The van der Waals surface area contributed by atoms with Gasteiger partial charge in [0, 0.05) is 10.4 Å². The van der Waals surface area contributed by atoms with Gasteiger partial charge in [0.1, 0.15) is 0 Å². The number of carbonyl (C=O) groups excluding carboxylic acids is 1. The van der Waals surface area contributed by atoms with Crippen molar-refractivity contribution >= 4 is 27.9 Å². The van der Waals surface area contributed by atoms with Gasteiger partial charge in [-0.2, -0.15) is 0 Å². The Hall–Kier alpha value is -1.69. The summed E-state index contributed by atoms with van der Waals surface area (Å²) in [5.74, 6) is 0.707. The van der Waals surface area contributed by atoms with Crippen LogP contribution in [-0.4, -0.2) is 16.1 Å². The number of hydrogen-bond acceptors (Lipinski definition) is 4. The monoisotopic (exact) mass is 349 g/mol.